The Morgan fingerprint density at radius 3 is 2.29 bits per heavy atom. The Balaban J connectivity index is 1.41. The number of hydrogen-bond donors (Lipinski definition) is 2. The average Bonchev–Trinajstić information content (AvgIpc) is 2.83. The number of aryl methyl sites for hydroxylation is 1. The molecule has 1 heterocycles. The fraction of sp³-hybridized carbons (Fsp3) is 0.154. The number of fused-ring (bicyclic) bond motifs is 1. The van der Waals surface area contributed by atoms with E-state index in [-0.39, 0.29) is 5.91 Å². The maximum absolute atomic E-state index is 11.1. The number of hydrogen-bond acceptors (Lipinski definition) is 7. The fourth-order valence-corrected chi connectivity index (χ4v) is 3.93. The highest BCUT2D eigenvalue weighted by atomic mass is 32.2. The number of carbonyl (C=O) groups is 1. The average molecular weight is 475 g/mol. The SMILES string of the molecule is COc1ccc2nc(C)cc(Nc3ccc(N(C)SOc4ccc(NC(C)=O)cc4)cc3)c2c1. The van der Waals surface area contributed by atoms with E-state index in [1.54, 1.807) is 19.2 Å². The molecule has 0 aliphatic carbocycles. The van der Waals surface area contributed by atoms with Crippen molar-refractivity contribution >= 4 is 51.8 Å². The number of ether oxygens (including phenoxy) is 1. The molecule has 0 spiro atoms. The molecule has 0 bridgehead atoms. The molecule has 1 amide bonds. The van der Waals surface area contributed by atoms with Crippen molar-refractivity contribution in [3.05, 3.63) is 78.5 Å². The smallest absolute Gasteiger partial charge is 0.221 e. The topological polar surface area (TPSA) is 75.7 Å². The lowest BCUT2D eigenvalue weighted by molar-refractivity contribution is -0.114. The lowest BCUT2D eigenvalue weighted by atomic mass is 10.1. The molecule has 1 aromatic heterocycles. The second kappa shape index (κ2) is 10.4. The van der Waals surface area contributed by atoms with E-state index in [4.69, 9.17) is 8.92 Å². The van der Waals surface area contributed by atoms with Gasteiger partial charge < -0.3 is 19.6 Å². The normalized spacial score (nSPS) is 10.6. The minimum absolute atomic E-state index is 0.104. The first-order valence-electron chi connectivity index (χ1n) is 10.7. The van der Waals surface area contributed by atoms with Gasteiger partial charge in [-0.3, -0.25) is 14.1 Å². The quantitative estimate of drug-likeness (QED) is 0.228. The van der Waals surface area contributed by atoms with E-state index >= 15 is 0 Å². The standard InChI is InChI=1S/C26H26N4O3S/c1-17-15-26(24-16-23(32-4)13-14-25(24)27-17)29-20-5-9-21(10-6-20)30(3)34-33-22-11-7-19(8-12-22)28-18(2)31/h5-16H,1-4H3,(H,27,29)(H,28,31). The Labute approximate surface area is 203 Å². The number of benzene rings is 3. The molecule has 2 N–H and O–H groups in total. The molecule has 0 saturated carbocycles. The monoisotopic (exact) mass is 474 g/mol. The van der Waals surface area contributed by atoms with Crippen LogP contribution in [0.3, 0.4) is 0 Å². The first kappa shape index (κ1) is 23.3. The van der Waals surface area contributed by atoms with Gasteiger partial charge in [0.05, 0.1) is 12.6 Å². The second-order valence-electron chi connectivity index (χ2n) is 7.73. The Morgan fingerprint density at radius 1 is 0.941 bits per heavy atom. The van der Waals surface area contributed by atoms with Crippen LogP contribution < -0.4 is 23.9 Å². The van der Waals surface area contributed by atoms with Gasteiger partial charge >= 0.3 is 0 Å². The predicted molar refractivity (Wildman–Crippen MR) is 140 cm³/mol. The third-order valence-electron chi connectivity index (χ3n) is 5.07. The first-order valence-corrected chi connectivity index (χ1v) is 11.4. The highest BCUT2D eigenvalue weighted by molar-refractivity contribution is 7.96. The van der Waals surface area contributed by atoms with Crippen molar-refractivity contribution in [2.75, 3.05) is 29.1 Å². The summed E-state index contributed by atoms with van der Waals surface area (Å²) in [6.45, 7) is 3.46. The van der Waals surface area contributed by atoms with Crippen LogP contribution in [0.5, 0.6) is 11.5 Å². The Morgan fingerprint density at radius 2 is 1.62 bits per heavy atom. The summed E-state index contributed by atoms with van der Waals surface area (Å²) in [5.74, 6) is 1.38. The predicted octanol–water partition coefficient (Wildman–Crippen LogP) is 6.33. The van der Waals surface area contributed by atoms with Gasteiger partial charge in [0, 0.05) is 47.8 Å². The largest absolute Gasteiger partial charge is 0.497 e. The zero-order valence-electron chi connectivity index (χ0n) is 19.5. The molecular weight excluding hydrogens is 448 g/mol. The van der Waals surface area contributed by atoms with Crippen molar-refractivity contribution in [2.24, 2.45) is 0 Å². The van der Waals surface area contributed by atoms with Crippen molar-refractivity contribution in [1.29, 1.82) is 0 Å². The molecule has 0 unspecified atom stereocenters. The molecule has 174 valence electrons. The third-order valence-corrected chi connectivity index (χ3v) is 5.78. The summed E-state index contributed by atoms with van der Waals surface area (Å²) in [6.07, 6.45) is 0. The maximum Gasteiger partial charge on any atom is 0.221 e. The van der Waals surface area contributed by atoms with Gasteiger partial charge in [-0.1, -0.05) is 0 Å². The lowest BCUT2D eigenvalue weighted by Crippen LogP contribution is -2.08. The van der Waals surface area contributed by atoms with Crippen LogP contribution in [-0.2, 0) is 4.79 Å². The van der Waals surface area contributed by atoms with Crippen LogP contribution in [0, 0.1) is 6.92 Å². The number of nitrogens with one attached hydrogen (secondary N) is 2. The van der Waals surface area contributed by atoms with Gasteiger partial charge in [-0.05, 0) is 79.7 Å². The molecule has 4 aromatic rings. The van der Waals surface area contributed by atoms with Gasteiger partial charge in [0.15, 0.2) is 12.2 Å². The molecule has 0 fully saturated rings. The molecule has 3 aromatic carbocycles. The summed E-state index contributed by atoms with van der Waals surface area (Å²) in [6, 6.07) is 23.2. The molecule has 0 radical (unpaired) electrons. The molecule has 8 heteroatoms. The van der Waals surface area contributed by atoms with E-state index in [1.165, 1.54) is 19.2 Å². The third kappa shape index (κ3) is 5.71. The number of nitrogens with zero attached hydrogens (tertiary/aromatic N) is 2. The Hall–Kier alpha value is -3.91. The van der Waals surface area contributed by atoms with E-state index in [1.807, 2.05) is 78.9 Å². The van der Waals surface area contributed by atoms with Crippen LogP contribution in [0.4, 0.5) is 22.7 Å². The summed E-state index contributed by atoms with van der Waals surface area (Å²) in [5, 5.41) is 7.24. The number of methoxy groups -OCH3 is 1. The Kier molecular flexibility index (Phi) is 7.08. The summed E-state index contributed by atoms with van der Waals surface area (Å²) in [5.41, 5.74) is 5.52. The highest BCUT2D eigenvalue weighted by Crippen LogP contribution is 2.31. The molecule has 7 nitrogen and oxygen atoms in total. The van der Waals surface area contributed by atoms with E-state index < -0.39 is 0 Å². The van der Waals surface area contributed by atoms with Gasteiger partial charge in [-0.25, -0.2) is 0 Å². The zero-order chi connectivity index (χ0) is 24.1. The van der Waals surface area contributed by atoms with Crippen LogP contribution >= 0.6 is 12.2 Å². The second-order valence-corrected chi connectivity index (χ2v) is 8.59. The van der Waals surface area contributed by atoms with Gasteiger partial charge in [0.2, 0.25) is 5.91 Å². The van der Waals surface area contributed by atoms with Gasteiger partial charge in [0.1, 0.15) is 11.5 Å². The van der Waals surface area contributed by atoms with Crippen LogP contribution in [0.2, 0.25) is 0 Å². The summed E-state index contributed by atoms with van der Waals surface area (Å²) < 4.78 is 13.1. The first-order chi connectivity index (χ1) is 16.4. The summed E-state index contributed by atoms with van der Waals surface area (Å²) in [7, 11) is 3.60. The number of pyridine rings is 1. The van der Waals surface area contributed by atoms with E-state index in [9.17, 15) is 4.79 Å². The van der Waals surface area contributed by atoms with E-state index in [2.05, 4.69) is 15.6 Å². The number of rotatable bonds is 8. The van der Waals surface area contributed by atoms with Crippen molar-refractivity contribution < 1.29 is 13.7 Å². The molecule has 0 aliphatic rings. The van der Waals surface area contributed by atoms with Crippen molar-refractivity contribution in [1.82, 2.24) is 4.98 Å². The number of amides is 1. The van der Waals surface area contributed by atoms with Crippen molar-refractivity contribution in [3.63, 3.8) is 0 Å². The number of aromatic nitrogens is 1. The maximum atomic E-state index is 11.1. The highest BCUT2D eigenvalue weighted by Gasteiger charge is 2.08. The summed E-state index contributed by atoms with van der Waals surface area (Å²) >= 11 is 1.22. The Bertz CT molecular complexity index is 1290. The van der Waals surface area contributed by atoms with Crippen molar-refractivity contribution in [3.8, 4) is 11.5 Å². The lowest BCUT2D eigenvalue weighted by Gasteiger charge is -2.18. The molecule has 4 rings (SSSR count). The minimum Gasteiger partial charge on any atom is -0.497 e. The van der Waals surface area contributed by atoms with Gasteiger partial charge in [0.25, 0.3) is 0 Å². The van der Waals surface area contributed by atoms with E-state index in [0.29, 0.717) is 5.75 Å². The molecule has 0 atom stereocenters. The summed E-state index contributed by atoms with van der Waals surface area (Å²) in [4.78, 5) is 15.7. The molecule has 34 heavy (non-hydrogen) atoms. The van der Waals surface area contributed by atoms with Crippen LogP contribution in [-0.4, -0.2) is 25.0 Å². The van der Waals surface area contributed by atoms with Crippen LogP contribution in [0.1, 0.15) is 12.6 Å². The number of anilines is 4. The van der Waals surface area contributed by atoms with Gasteiger partial charge in [-0.2, -0.15) is 0 Å². The van der Waals surface area contributed by atoms with Crippen LogP contribution in [0.15, 0.2) is 72.8 Å². The van der Waals surface area contributed by atoms with Gasteiger partial charge in [-0.15, -0.1) is 0 Å². The van der Waals surface area contributed by atoms with Crippen molar-refractivity contribution in [2.45, 2.75) is 13.8 Å². The zero-order valence-corrected chi connectivity index (χ0v) is 20.3. The van der Waals surface area contributed by atoms with Crippen LogP contribution in [0.25, 0.3) is 10.9 Å². The fourth-order valence-electron chi connectivity index (χ4n) is 3.42. The van der Waals surface area contributed by atoms with E-state index in [0.717, 1.165) is 45.1 Å². The molecular formula is C26H26N4O3S. The molecule has 0 saturated heterocycles. The number of carbonyl (C=O) groups excluding carboxylic acids is 1. The molecule has 0 aliphatic heterocycles. The minimum atomic E-state index is -0.104.